The summed E-state index contributed by atoms with van der Waals surface area (Å²) < 4.78 is 58.9. The van der Waals surface area contributed by atoms with Crippen molar-refractivity contribution < 1.29 is 27.4 Å². The highest BCUT2D eigenvalue weighted by Crippen LogP contribution is 2.38. The number of ether oxygens (including phenoxy) is 3. The van der Waals surface area contributed by atoms with Crippen LogP contribution in [0.1, 0.15) is 33.3 Å². The zero-order chi connectivity index (χ0) is 25.3. The number of methoxy groups -OCH3 is 1. The minimum Gasteiger partial charge on any atom is -0.497 e. The van der Waals surface area contributed by atoms with Crippen molar-refractivity contribution in [2.45, 2.75) is 46.1 Å². The summed E-state index contributed by atoms with van der Waals surface area (Å²) in [6.07, 6.45) is -3.25. The molecular formula is C27H27F3N2O3. The predicted octanol–water partition coefficient (Wildman–Crippen LogP) is 7.29. The van der Waals surface area contributed by atoms with E-state index < -0.39 is 11.7 Å². The number of alkyl halides is 3. The van der Waals surface area contributed by atoms with Crippen molar-refractivity contribution in [1.29, 1.82) is 0 Å². The third-order valence-electron chi connectivity index (χ3n) is 5.28. The molecule has 4 rings (SSSR count). The molecule has 35 heavy (non-hydrogen) atoms. The number of hydrogen-bond donors (Lipinski definition) is 0. The van der Waals surface area contributed by atoms with E-state index >= 15 is 0 Å². The highest BCUT2D eigenvalue weighted by atomic mass is 19.4. The topological polar surface area (TPSA) is 45.5 Å². The first-order chi connectivity index (χ1) is 16.5. The van der Waals surface area contributed by atoms with Crippen LogP contribution in [-0.2, 0) is 6.18 Å². The summed E-state index contributed by atoms with van der Waals surface area (Å²) >= 11 is 0. The van der Waals surface area contributed by atoms with E-state index in [0.29, 0.717) is 17.2 Å². The lowest BCUT2D eigenvalue weighted by atomic mass is 10.0. The van der Waals surface area contributed by atoms with Crippen LogP contribution in [0.3, 0.4) is 0 Å². The first-order valence-electron chi connectivity index (χ1n) is 11.3. The van der Waals surface area contributed by atoms with Gasteiger partial charge in [-0.1, -0.05) is 18.2 Å². The molecule has 0 saturated carbocycles. The molecule has 184 valence electrons. The lowest BCUT2D eigenvalue weighted by Gasteiger charge is -2.16. The Labute approximate surface area is 202 Å². The Morgan fingerprint density at radius 3 is 2.17 bits per heavy atom. The molecule has 0 aliphatic carbocycles. The molecule has 0 aliphatic rings. The molecule has 0 fully saturated rings. The molecule has 1 aromatic heterocycles. The molecule has 0 amide bonds. The summed E-state index contributed by atoms with van der Waals surface area (Å²) in [7, 11) is 1.62. The quantitative estimate of drug-likeness (QED) is 0.276. The van der Waals surface area contributed by atoms with Crippen LogP contribution in [0.4, 0.5) is 13.2 Å². The summed E-state index contributed by atoms with van der Waals surface area (Å²) in [6.45, 7) is 7.36. The first-order valence-corrected chi connectivity index (χ1v) is 11.3. The van der Waals surface area contributed by atoms with E-state index in [1.54, 1.807) is 13.3 Å². The van der Waals surface area contributed by atoms with Crippen molar-refractivity contribution in [2.75, 3.05) is 7.11 Å². The van der Waals surface area contributed by atoms with Gasteiger partial charge in [0.1, 0.15) is 17.2 Å². The molecule has 1 heterocycles. The highest BCUT2D eigenvalue weighted by Gasteiger charge is 2.32. The Kier molecular flexibility index (Phi) is 6.65. The van der Waals surface area contributed by atoms with Gasteiger partial charge in [0.25, 0.3) is 0 Å². The molecule has 5 nitrogen and oxygen atoms in total. The molecule has 0 aliphatic heterocycles. The average molecular weight is 485 g/mol. The van der Waals surface area contributed by atoms with Crippen molar-refractivity contribution >= 4 is 10.8 Å². The van der Waals surface area contributed by atoms with Gasteiger partial charge in [0.05, 0.1) is 30.4 Å². The summed E-state index contributed by atoms with van der Waals surface area (Å²) in [6, 6.07) is 15.0. The Hall–Kier alpha value is -3.68. The molecule has 8 heteroatoms. The Morgan fingerprint density at radius 1 is 0.829 bits per heavy atom. The lowest BCUT2D eigenvalue weighted by Crippen LogP contribution is -2.12. The van der Waals surface area contributed by atoms with Gasteiger partial charge in [0.2, 0.25) is 5.88 Å². The summed E-state index contributed by atoms with van der Waals surface area (Å²) in [5.41, 5.74) is 0.873. The summed E-state index contributed by atoms with van der Waals surface area (Å²) in [4.78, 5) is 0. The van der Waals surface area contributed by atoms with Gasteiger partial charge in [-0.2, -0.15) is 13.2 Å². The number of aromatic nitrogens is 2. The van der Waals surface area contributed by atoms with E-state index in [9.17, 15) is 13.2 Å². The number of hydrogen-bond acceptors (Lipinski definition) is 4. The summed E-state index contributed by atoms with van der Waals surface area (Å²) in [5, 5.41) is 6.50. The first kappa shape index (κ1) is 24.4. The SMILES string of the molecule is COc1ccc2cc(-c3cn(-c4cc(C(F)(F)F)ccc4OC(C)C)nc3OC(C)C)ccc2c1. The van der Waals surface area contributed by atoms with E-state index in [1.165, 1.54) is 10.7 Å². The Morgan fingerprint density at radius 2 is 1.51 bits per heavy atom. The normalized spacial score (nSPS) is 11.9. The van der Waals surface area contributed by atoms with Crippen LogP contribution in [0.25, 0.3) is 27.6 Å². The predicted molar refractivity (Wildman–Crippen MR) is 130 cm³/mol. The zero-order valence-electron chi connectivity index (χ0n) is 20.2. The van der Waals surface area contributed by atoms with Crippen molar-refractivity contribution in [3.8, 4) is 34.2 Å². The van der Waals surface area contributed by atoms with E-state index in [-0.39, 0.29) is 17.9 Å². The maximum Gasteiger partial charge on any atom is 0.416 e. The standard InChI is InChI=1S/C27H27F3N2O3/c1-16(2)34-25-11-9-21(27(28,29)30)14-24(25)32-15-23(26(31-32)35-17(3)4)20-7-6-19-13-22(33-5)10-8-18(19)12-20/h6-17H,1-5H3. The second-order valence-electron chi connectivity index (χ2n) is 8.73. The molecule has 0 spiro atoms. The third kappa shape index (κ3) is 5.37. The minimum absolute atomic E-state index is 0.180. The van der Waals surface area contributed by atoms with E-state index in [0.717, 1.165) is 34.2 Å². The molecule has 0 saturated heterocycles. The van der Waals surface area contributed by atoms with Crippen molar-refractivity contribution in [2.24, 2.45) is 0 Å². The molecule has 0 unspecified atom stereocenters. The van der Waals surface area contributed by atoms with Crippen LogP contribution in [0, 0.1) is 0 Å². The zero-order valence-corrected chi connectivity index (χ0v) is 20.2. The van der Waals surface area contributed by atoms with Crippen molar-refractivity contribution in [1.82, 2.24) is 9.78 Å². The van der Waals surface area contributed by atoms with Crippen LogP contribution in [0.2, 0.25) is 0 Å². The fourth-order valence-corrected chi connectivity index (χ4v) is 3.73. The lowest BCUT2D eigenvalue weighted by molar-refractivity contribution is -0.137. The molecule has 0 N–H and O–H groups in total. The number of rotatable bonds is 7. The van der Waals surface area contributed by atoms with Gasteiger partial charge in [0.15, 0.2) is 0 Å². The van der Waals surface area contributed by atoms with Crippen LogP contribution in [0.15, 0.2) is 60.8 Å². The number of halogens is 3. The number of fused-ring (bicyclic) bond motifs is 1. The van der Waals surface area contributed by atoms with Gasteiger partial charge >= 0.3 is 6.18 Å². The molecule has 4 aromatic rings. The molecule has 0 radical (unpaired) electrons. The van der Waals surface area contributed by atoms with E-state index in [2.05, 4.69) is 5.10 Å². The van der Waals surface area contributed by atoms with Gasteiger partial charge in [0, 0.05) is 6.20 Å². The summed E-state index contributed by atoms with van der Waals surface area (Å²) in [5.74, 6) is 1.37. The van der Waals surface area contributed by atoms with Gasteiger partial charge < -0.3 is 14.2 Å². The van der Waals surface area contributed by atoms with Crippen LogP contribution < -0.4 is 14.2 Å². The highest BCUT2D eigenvalue weighted by molar-refractivity contribution is 5.89. The second-order valence-corrected chi connectivity index (χ2v) is 8.73. The number of nitrogens with zero attached hydrogens (tertiary/aromatic N) is 2. The van der Waals surface area contributed by atoms with Gasteiger partial charge in [-0.15, -0.1) is 5.10 Å². The number of benzene rings is 3. The van der Waals surface area contributed by atoms with Gasteiger partial charge in [-0.25, -0.2) is 4.68 Å². The van der Waals surface area contributed by atoms with Gasteiger partial charge in [-0.05, 0) is 80.4 Å². The smallest absolute Gasteiger partial charge is 0.416 e. The van der Waals surface area contributed by atoms with Crippen LogP contribution >= 0.6 is 0 Å². The molecule has 0 bridgehead atoms. The Bertz CT molecular complexity index is 1340. The average Bonchev–Trinajstić information content (AvgIpc) is 3.20. The second kappa shape index (κ2) is 9.52. The van der Waals surface area contributed by atoms with Crippen LogP contribution in [-0.4, -0.2) is 29.1 Å². The van der Waals surface area contributed by atoms with Crippen LogP contribution in [0.5, 0.6) is 17.4 Å². The van der Waals surface area contributed by atoms with E-state index in [4.69, 9.17) is 14.2 Å². The maximum absolute atomic E-state index is 13.5. The third-order valence-corrected chi connectivity index (χ3v) is 5.28. The van der Waals surface area contributed by atoms with E-state index in [1.807, 2.05) is 64.1 Å². The largest absolute Gasteiger partial charge is 0.497 e. The molecular weight excluding hydrogens is 457 g/mol. The molecule has 0 atom stereocenters. The fraction of sp³-hybridized carbons (Fsp3) is 0.296. The molecule has 3 aromatic carbocycles. The van der Waals surface area contributed by atoms with Gasteiger partial charge in [-0.3, -0.25) is 0 Å². The fourth-order valence-electron chi connectivity index (χ4n) is 3.73. The van der Waals surface area contributed by atoms with Crippen molar-refractivity contribution in [3.05, 3.63) is 66.4 Å². The van der Waals surface area contributed by atoms with Crippen molar-refractivity contribution in [3.63, 3.8) is 0 Å². The monoisotopic (exact) mass is 484 g/mol. The minimum atomic E-state index is -4.50. The maximum atomic E-state index is 13.5. The Balaban J connectivity index is 1.87.